The quantitative estimate of drug-likeness (QED) is 0.941. The number of amides is 2. The van der Waals surface area contributed by atoms with Crippen molar-refractivity contribution in [3.63, 3.8) is 0 Å². The van der Waals surface area contributed by atoms with Gasteiger partial charge in [-0.25, -0.2) is 4.39 Å². The van der Waals surface area contributed by atoms with Gasteiger partial charge in [0.2, 0.25) is 5.91 Å². The fraction of sp³-hybridized carbons (Fsp3) is 0.222. The summed E-state index contributed by atoms with van der Waals surface area (Å²) in [4.78, 5) is 26.1. The van der Waals surface area contributed by atoms with Crippen LogP contribution in [0.1, 0.15) is 11.6 Å². The Bertz CT molecular complexity index is 751. The standard InChI is InChI=1S/C18H17FN2O3/c1-21-15(22)11-24-17(16(21)12-6-3-2-4-7-12)18(23)20-14-9-5-8-13(19)10-14/h2-10,16-17H,11H2,1H3,(H,20,23). The van der Waals surface area contributed by atoms with Crippen LogP contribution in [0.25, 0.3) is 0 Å². The molecule has 1 heterocycles. The molecule has 2 aromatic carbocycles. The molecule has 2 unspecified atom stereocenters. The minimum absolute atomic E-state index is 0.166. The normalized spacial score (nSPS) is 20.8. The highest BCUT2D eigenvalue weighted by molar-refractivity contribution is 5.96. The zero-order valence-electron chi connectivity index (χ0n) is 13.1. The van der Waals surface area contributed by atoms with Crippen LogP contribution in [0.3, 0.4) is 0 Å². The molecule has 5 nitrogen and oxygen atoms in total. The van der Waals surface area contributed by atoms with Crippen molar-refractivity contribution >= 4 is 17.5 Å². The Labute approximate surface area is 139 Å². The summed E-state index contributed by atoms with van der Waals surface area (Å²) in [6.45, 7) is -0.166. The van der Waals surface area contributed by atoms with Gasteiger partial charge in [0.25, 0.3) is 5.91 Å². The summed E-state index contributed by atoms with van der Waals surface area (Å²) in [5.41, 5.74) is 1.14. The summed E-state index contributed by atoms with van der Waals surface area (Å²) >= 11 is 0. The number of nitrogens with one attached hydrogen (secondary N) is 1. The second kappa shape index (κ2) is 6.80. The fourth-order valence-corrected chi connectivity index (χ4v) is 2.76. The summed E-state index contributed by atoms with van der Waals surface area (Å²) < 4.78 is 18.8. The highest BCUT2D eigenvalue weighted by Gasteiger charge is 2.39. The fourth-order valence-electron chi connectivity index (χ4n) is 2.76. The maximum atomic E-state index is 13.3. The predicted octanol–water partition coefficient (Wildman–Crippen LogP) is 2.36. The van der Waals surface area contributed by atoms with Crippen LogP contribution in [-0.4, -0.2) is 36.5 Å². The van der Waals surface area contributed by atoms with Crippen molar-refractivity contribution in [1.29, 1.82) is 0 Å². The number of benzene rings is 2. The highest BCUT2D eigenvalue weighted by atomic mass is 19.1. The van der Waals surface area contributed by atoms with Gasteiger partial charge in [0.1, 0.15) is 12.4 Å². The first-order chi connectivity index (χ1) is 11.6. The van der Waals surface area contributed by atoms with E-state index in [-0.39, 0.29) is 12.5 Å². The molecule has 1 saturated heterocycles. The Morgan fingerprint density at radius 3 is 2.67 bits per heavy atom. The molecule has 24 heavy (non-hydrogen) atoms. The molecule has 0 aliphatic carbocycles. The SMILES string of the molecule is CN1C(=O)COC(C(=O)Nc2cccc(F)c2)C1c1ccccc1. The van der Waals surface area contributed by atoms with Gasteiger partial charge in [-0.15, -0.1) is 0 Å². The van der Waals surface area contributed by atoms with Crippen LogP contribution in [0.15, 0.2) is 54.6 Å². The van der Waals surface area contributed by atoms with Gasteiger partial charge < -0.3 is 15.0 Å². The second-order valence-corrected chi connectivity index (χ2v) is 5.59. The van der Waals surface area contributed by atoms with E-state index in [4.69, 9.17) is 4.74 Å². The molecule has 2 amide bonds. The van der Waals surface area contributed by atoms with Crippen molar-refractivity contribution in [2.75, 3.05) is 19.0 Å². The maximum Gasteiger partial charge on any atom is 0.256 e. The van der Waals surface area contributed by atoms with Crippen LogP contribution >= 0.6 is 0 Å². The number of anilines is 1. The smallest absolute Gasteiger partial charge is 0.256 e. The van der Waals surface area contributed by atoms with Gasteiger partial charge in [-0.2, -0.15) is 0 Å². The Kier molecular flexibility index (Phi) is 4.57. The Hall–Kier alpha value is -2.73. The molecule has 6 heteroatoms. The zero-order valence-corrected chi connectivity index (χ0v) is 13.1. The van der Waals surface area contributed by atoms with E-state index >= 15 is 0 Å². The van der Waals surface area contributed by atoms with Gasteiger partial charge in [0.05, 0.1) is 6.04 Å². The zero-order chi connectivity index (χ0) is 17.1. The van der Waals surface area contributed by atoms with Gasteiger partial charge in [0, 0.05) is 12.7 Å². The molecule has 0 bridgehead atoms. The number of carbonyl (C=O) groups is 2. The molecule has 0 aromatic heterocycles. The van der Waals surface area contributed by atoms with Gasteiger partial charge in [-0.05, 0) is 23.8 Å². The molecule has 2 atom stereocenters. The summed E-state index contributed by atoms with van der Waals surface area (Å²) in [5.74, 6) is -1.06. The first-order valence-corrected chi connectivity index (χ1v) is 7.55. The predicted molar refractivity (Wildman–Crippen MR) is 86.7 cm³/mol. The number of hydrogen-bond acceptors (Lipinski definition) is 3. The molecule has 124 valence electrons. The van der Waals surface area contributed by atoms with E-state index in [1.807, 2.05) is 30.3 Å². The highest BCUT2D eigenvalue weighted by Crippen LogP contribution is 2.29. The van der Waals surface area contributed by atoms with Gasteiger partial charge >= 0.3 is 0 Å². The lowest BCUT2D eigenvalue weighted by molar-refractivity contribution is -0.160. The van der Waals surface area contributed by atoms with Gasteiger partial charge in [0.15, 0.2) is 6.10 Å². The molecule has 0 spiro atoms. The number of morpholine rings is 1. The average Bonchev–Trinajstić information content (AvgIpc) is 2.58. The minimum atomic E-state index is -0.877. The Morgan fingerprint density at radius 2 is 1.96 bits per heavy atom. The Balaban J connectivity index is 1.86. The van der Waals surface area contributed by atoms with Crippen LogP contribution in [0, 0.1) is 5.82 Å². The van der Waals surface area contributed by atoms with Crippen molar-refractivity contribution in [3.8, 4) is 0 Å². The van der Waals surface area contributed by atoms with E-state index in [2.05, 4.69) is 5.32 Å². The van der Waals surface area contributed by atoms with Crippen LogP contribution in [0.4, 0.5) is 10.1 Å². The topological polar surface area (TPSA) is 58.6 Å². The monoisotopic (exact) mass is 328 g/mol. The number of halogens is 1. The van der Waals surface area contributed by atoms with Crippen LogP contribution in [-0.2, 0) is 14.3 Å². The minimum Gasteiger partial charge on any atom is -0.356 e. The summed E-state index contributed by atoms with van der Waals surface area (Å²) in [6, 6.07) is 14.3. The number of likely N-dealkylation sites (N-methyl/N-ethyl adjacent to an activating group) is 1. The molecule has 0 saturated carbocycles. The van der Waals surface area contributed by atoms with E-state index in [1.165, 1.54) is 23.1 Å². The van der Waals surface area contributed by atoms with Crippen molar-refractivity contribution in [1.82, 2.24) is 4.90 Å². The molecule has 1 aliphatic rings. The third-order valence-electron chi connectivity index (χ3n) is 3.98. The van der Waals surface area contributed by atoms with E-state index < -0.39 is 23.9 Å². The van der Waals surface area contributed by atoms with Gasteiger partial charge in [-0.1, -0.05) is 36.4 Å². The first-order valence-electron chi connectivity index (χ1n) is 7.55. The van der Waals surface area contributed by atoms with E-state index in [9.17, 15) is 14.0 Å². The first kappa shape index (κ1) is 16.1. The lowest BCUT2D eigenvalue weighted by Crippen LogP contribution is -2.51. The van der Waals surface area contributed by atoms with Crippen molar-refractivity contribution < 1.29 is 18.7 Å². The van der Waals surface area contributed by atoms with E-state index in [0.717, 1.165) is 5.56 Å². The number of rotatable bonds is 3. The molecular formula is C18H17FN2O3. The molecule has 1 fully saturated rings. The largest absolute Gasteiger partial charge is 0.356 e. The van der Waals surface area contributed by atoms with Crippen LogP contribution < -0.4 is 5.32 Å². The van der Waals surface area contributed by atoms with Crippen molar-refractivity contribution in [3.05, 3.63) is 66.0 Å². The van der Waals surface area contributed by atoms with Crippen LogP contribution in [0.5, 0.6) is 0 Å². The molecule has 1 aliphatic heterocycles. The average molecular weight is 328 g/mol. The number of nitrogens with zero attached hydrogens (tertiary/aromatic N) is 1. The summed E-state index contributed by atoms with van der Waals surface area (Å²) in [5, 5.41) is 2.65. The number of ether oxygens (including phenoxy) is 1. The molecule has 2 aromatic rings. The third kappa shape index (κ3) is 3.28. The maximum absolute atomic E-state index is 13.3. The second-order valence-electron chi connectivity index (χ2n) is 5.59. The van der Waals surface area contributed by atoms with E-state index in [0.29, 0.717) is 5.69 Å². The number of carbonyl (C=O) groups excluding carboxylic acids is 2. The summed E-state index contributed by atoms with van der Waals surface area (Å²) in [7, 11) is 1.64. The van der Waals surface area contributed by atoms with E-state index in [1.54, 1.807) is 13.1 Å². The lowest BCUT2D eigenvalue weighted by Gasteiger charge is -2.38. The Morgan fingerprint density at radius 1 is 1.21 bits per heavy atom. The van der Waals surface area contributed by atoms with Crippen molar-refractivity contribution in [2.45, 2.75) is 12.1 Å². The number of hydrogen-bond donors (Lipinski definition) is 1. The van der Waals surface area contributed by atoms with Crippen molar-refractivity contribution in [2.24, 2.45) is 0 Å². The lowest BCUT2D eigenvalue weighted by atomic mass is 9.97. The summed E-state index contributed by atoms with van der Waals surface area (Å²) in [6.07, 6.45) is -0.877. The molecular weight excluding hydrogens is 311 g/mol. The van der Waals surface area contributed by atoms with Gasteiger partial charge in [-0.3, -0.25) is 9.59 Å². The molecule has 3 rings (SSSR count). The third-order valence-corrected chi connectivity index (χ3v) is 3.98. The molecule has 0 radical (unpaired) electrons. The molecule has 1 N–H and O–H groups in total. The van der Waals surface area contributed by atoms with Crippen LogP contribution in [0.2, 0.25) is 0 Å².